The summed E-state index contributed by atoms with van der Waals surface area (Å²) in [6.45, 7) is 0. The molecule has 5 rings (SSSR count). The minimum absolute atomic E-state index is 0.259. The van der Waals surface area contributed by atoms with E-state index >= 15 is 0 Å². The number of ether oxygens (including phenoxy) is 1. The van der Waals surface area contributed by atoms with Crippen LogP contribution in [0.3, 0.4) is 0 Å². The second kappa shape index (κ2) is 9.79. The molecule has 5 nitrogen and oxygen atoms in total. The molecule has 0 saturated carbocycles. The van der Waals surface area contributed by atoms with E-state index in [4.69, 9.17) is 16.3 Å². The molecule has 0 atom stereocenters. The van der Waals surface area contributed by atoms with Gasteiger partial charge in [-0.1, -0.05) is 90.5 Å². The first-order valence-corrected chi connectivity index (χ1v) is 11.3. The third kappa shape index (κ3) is 4.63. The number of esters is 1. The Balaban J connectivity index is 1.46. The van der Waals surface area contributed by atoms with Crippen LogP contribution in [0, 0.1) is 0 Å². The summed E-state index contributed by atoms with van der Waals surface area (Å²) in [5.41, 5.74) is 3.93. The molecule has 1 amide bonds. The predicted molar refractivity (Wildman–Crippen MR) is 139 cm³/mol. The number of nitrogens with zero attached hydrogens (tertiary/aromatic N) is 1. The smallest absolute Gasteiger partial charge is 0.345 e. The van der Waals surface area contributed by atoms with Gasteiger partial charge < -0.3 is 4.74 Å². The summed E-state index contributed by atoms with van der Waals surface area (Å²) in [5, 5.41) is 8.05. The van der Waals surface area contributed by atoms with Gasteiger partial charge in [0.05, 0.1) is 16.8 Å². The Kier molecular flexibility index (Phi) is 6.24. The van der Waals surface area contributed by atoms with Crippen molar-refractivity contribution in [1.29, 1.82) is 0 Å². The van der Waals surface area contributed by atoms with E-state index in [9.17, 15) is 9.59 Å². The van der Waals surface area contributed by atoms with Crippen LogP contribution in [-0.2, 0) is 0 Å². The van der Waals surface area contributed by atoms with Gasteiger partial charge in [0, 0.05) is 11.1 Å². The van der Waals surface area contributed by atoms with Crippen molar-refractivity contribution in [3.63, 3.8) is 0 Å². The number of hydrogen-bond donors (Lipinski definition) is 1. The molecule has 0 fully saturated rings. The van der Waals surface area contributed by atoms with Crippen LogP contribution in [-0.4, -0.2) is 18.1 Å². The van der Waals surface area contributed by atoms with Crippen molar-refractivity contribution in [2.75, 3.05) is 0 Å². The lowest BCUT2D eigenvalue weighted by molar-refractivity contribution is 0.0734. The summed E-state index contributed by atoms with van der Waals surface area (Å²) in [6, 6.07) is 31.1. The Morgan fingerprint density at radius 3 is 2.14 bits per heavy atom. The average Bonchev–Trinajstić information content (AvgIpc) is 2.89. The standard InChI is InChI=1S/C29H19ClN2O3/c30-26-15-6-5-13-24(26)29(34)35-27-17-16-20-9-2-4-12-22(20)25(27)18-31-32-28(33)23-14-7-10-19-8-1-3-11-21(19)23/h1-18H,(H,32,33)/b31-18-. The van der Waals surface area contributed by atoms with Gasteiger partial charge in [0.1, 0.15) is 5.75 Å². The first kappa shape index (κ1) is 22.3. The second-order valence-electron chi connectivity index (χ2n) is 7.79. The number of fused-ring (bicyclic) bond motifs is 2. The van der Waals surface area contributed by atoms with Crippen molar-refractivity contribution in [2.24, 2.45) is 5.10 Å². The Morgan fingerprint density at radius 1 is 0.714 bits per heavy atom. The molecule has 35 heavy (non-hydrogen) atoms. The lowest BCUT2D eigenvalue weighted by Crippen LogP contribution is -2.18. The zero-order valence-electron chi connectivity index (χ0n) is 18.4. The van der Waals surface area contributed by atoms with E-state index in [1.807, 2.05) is 66.7 Å². The molecule has 0 aliphatic rings. The SMILES string of the molecule is O=C(Oc1ccc2ccccc2c1/C=N\NC(=O)c1cccc2ccccc12)c1ccccc1Cl. The van der Waals surface area contributed by atoms with E-state index < -0.39 is 5.97 Å². The number of carbonyl (C=O) groups excluding carboxylic acids is 2. The minimum Gasteiger partial charge on any atom is -0.422 e. The highest BCUT2D eigenvalue weighted by atomic mass is 35.5. The number of nitrogens with one attached hydrogen (secondary N) is 1. The molecule has 0 heterocycles. The van der Waals surface area contributed by atoms with E-state index in [0.717, 1.165) is 21.5 Å². The van der Waals surface area contributed by atoms with Gasteiger partial charge in [0.2, 0.25) is 0 Å². The molecule has 6 heteroatoms. The van der Waals surface area contributed by atoms with Crippen LogP contribution in [0.2, 0.25) is 5.02 Å². The van der Waals surface area contributed by atoms with Gasteiger partial charge in [-0.2, -0.15) is 5.10 Å². The number of carbonyl (C=O) groups is 2. The fourth-order valence-electron chi connectivity index (χ4n) is 3.92. The van der Waals surface area contributed by atoms with Crippen LogP contribution in [0.25, 0.3) is 21.5 Å². The maximum absolute atomic E-state index is 12.9. The average molecular weight is 479 g/mol. The van der Waals surface area contributed by atoms with Gasteiger partial charge in [0.25, 0.3) is 5.91 Å². The summed E-state index contributed by atoms with van der Waals surface area (Å²) in [4.78, 5) is 25.7. The number of halogens is 1. The third-order valence-corrected chi connectivity index (χ3v) is 5.95. The van der Waals surface area contributed by atoms with Gasteiger partial charge in [-0.15, -0.1) is 0 Å². The van der Waals surface area contributed by atoms with Crippen LogP contribution >= 0.6 is 11.6 Å². The Hall–Kier alpha value is -4.48. The van der Waals surface area contributed by atoms with Crippen molar-refractivity contribution in [3.05, 3.63) is 125 Å². The summed E-state index contributed by atoms with van der Waals surface area (Å²) in [6.07, 6.45) is 1.49. The Labute approximate surface area is 206 Å². The van der Waals surface area contributed by atoms with E-state index in [0.29, 0.717) is 21.9 Å². The van der Waals surface area contributed by atoms with Crippen molar-refractivity contribution >= 4 is 51.2 Å². The maximum atomic E-state index is 12.9. The quantitative estimate of drug-likeness (QED) is 0.133. The maximum Gasteiger partial charge on any atom is 0.345 e. The van der Waals surface area contributed by atoms with Gasteiger partial charge >= 0.3 is 5.97 Å². The fraction of sp³-hybridized carbons (Fsp3) is 0. The highest BCUT2D eigenvalue weighted by molar-refractivity contribution is 6.33. The number of hydrogen-bond acceptors (Lipinski definition) is 4. The normalized spacial score (nSPS) is 11.1. The van der Waals surface area contributed by atoms with Crippen LogP contribution in [0.5, 0.6) is 5.75 Å². The number of rotatable bonds is 5. The van der Waals surface area contributed by atoms with Crippen LogP contribution in [0.1, 0.15) is 26.3 Å². The Morgan fingerprint density at radius 2 is 1.34 bits per heavy atom. The van der Waals surface area contributed by atoms with Gasteiger partial charge in [-0.05, 0) is 45.8 Å². The van der Waals surface area contributed by atoms with Crippen molar-refractivity contribution in [3.8, 4) is 5.75 Å². The monoisotopic (exact) mass is 478 g/mol. The highest BCUT2D eigenvalue weighted by Gasteiger charge is 2.16. The molecule has 5 aromatic rings. The third-order valence-electron chi connectivity index (χ3n) is 5.62. The molecule has 1 N–H and O–H groups in total. The molecular formula is C29H19ClN2O3. The Bertz CT molecular complexity index is 1610. The zero-order chi connectivity index (χ0) is 24.2. The highest BCUT2D eigenvalue weighted by Crippen LogP contribution is 2.28. The molecule has 0 unspecified atom stereocenters. The fourth-order valence-corrected chi connectivity index (χ4v) is 4.13. The molecule has 170 valence electrons. The summed E-state index contributed by atoms with van der Waals surface area (Å²) in [5.74, 6) is -0.620. The topological polar surface area (TPSA) is 67.8 Å². The van der Waals surface area contributed by atoms with Crippen molar-refractivity contribution in [2.45, 2.75) is 0 Å². The van der Waals surface area contributed by atoms with E-state index in [2.05, 4.69) is 10.5 Å². The summed E-state index contributed by atoms with van der Waals surface area (Å²) >= 11 is 6.16. The number of benzene rings is 5. The molecular weight excluding hydrogens is 460 g/mol. The predicted octanol–water partition coefficient (Wildman–Crippen LogP) is 6.63. The second-order valence-corrected chi connectivity index (χ2v) is 8.20. The molecule has 0 radical (unpaired) electrons. The first-order chi connectivity index (χ1) is 17.1. The van der Waals surface area contributed by atoms with Crippen molar-refractivity contribution < 1.29 is 14.3 Å². The lowest BCUT2D eigenvalue weighted by Gasteiger charge is -2.11. The molecule has 0 saturated heterocycles. The van der Waals surface area contributed by atoms with Crippen LogP contribution < -0.4 is 10.2 Å². The minimum atomic E-state index is -0.583. The molecule has 0 spiro atoms. The molecule has 0 aromatic heterocycles. The van der Waals surface area contributed by atoms with Gasteiger partial charge in [0.15, 0.2) is 0 Å². The molecule has 0 aliphatic carbocycles. The van der Waals surface area contributed by atoms with E-state index in [1.165, 1.54) is 6.21 Å². The number of amides is 1. The van der Waals surface area contributed by atoms with Gasteiger partial charge in [-0.3, -0.25) is 4.79 Å². The lowest BCUT2D eigenvalue weighted by atomic mass is 10.0. The van der Waals surface area contributed by atoms with Crippen LogP contribution in [0.15, 0.2) is 108 Å². The van der Waals surface area contributed by atoms with E-state index in [-0.39, 0.29) is 11.5 Å². The molecule has 0 bridgehead atoms. The van der Waals surface area contributed by atoms with Gasteiger partial charge in [-0.25, -0.2) is 10.2 Å². The van der Waals surface area contributed by atoms with Crippen LogP contribution in [0.4, 0.5) is 0 Å². The molecule has 5 aromatic carbocycles. The largest absolute Gasteiger partial charge is 0.422 e. The summed E-state index contributed by atoms with van der Waals surface area (Å²) < 4.78 is 5.69. The van der Waals surface area contributed by atoms with Crippen molar-refractivity contribution in [1.82, 2.24) is 5.43 Å². The first-order valence-electron chi connectivity index (χ1n) is 10.9. The summed E-state index contributed by atoms with van der Waals surface area (Å²) in [7, 11) is 0. The van der Waals surface area contributed by atoms with E-state index in [1.54, 1.807) is 36.4 Å². The molecule has 0 aliphatic heterocycles. The number of hydrazone groups is 1. The zero-order valence-corrected chi connectivity index (χ0v) is 19.2.